The van der Waals surface area contributed by atoms with Gasteiger partial charge in [0, 0.05) is 10.8 Å². The number of hydrogen-bond acceptors (Lipinski definition) is 4. The summed E-state index contributed by atoms with van der Waals surface area (Å²) in [5.74, 6) is 0. The molecule has 40 heavy (non-hydrogen) atoms. The van der Waals surface area contributed by atoms with Gasteiger partial charge in [-0.15, -0.1) is 0 Å². The maximum atomic E-state index is 2.78. The molecule has 12 heteroatoms. The topological polar surface area (TPSA) is 13.0 Å². The summed E-state index contributed by atoms with van der Waals surface area (Å²) in [4.78, 5) is 0. The van der Waals surface area contributed by atoms with Gasteiger partial charge in [-0.05, 0) is 106 Å². The second-order valence-electron chi connectivity index (χ2n) is 10.4. The van der Waals surface area contributed by atoms with Gasteiger partial charge in [-0.2, -0.15) is 0 Å². The Hall–Kier alpha value is 0.340. The Morgan fingerprint density at radius 2 is 0.800 bits per heavy atom. The Balaban J connectivity index is 1.80. The molecule has 0 spiro atoms. The number of nitrogens with zero attached hydrogens (tertiary/aromatic N) is 4. The first-order valence-corrected chi connectivity index (χ1v) is 16.8. The first-order chi connectivity index (χ1) is 19.0. The molecule has 176 valence electrons. The second-order valence-corrected chi connectivity index (χ2v) is 17.2. The summed E-state index contributed by atoms with van der Waals surface area (Å²) in [6.07, 6.45) is 0.910. The van der Waals surface area contributed by atoms with Crippen molar-refractivity contribution >= 4 is 155 Å². The van der Waals surface area contributed by atoms with Crippen molar-refractivity contribution in [1.29, 1.82) is 0 Å². The third-order valence-electron chi connectivity index (χ3n) is 8.09. The van der Waals surface area contributed by atoms with Crippen molar-refractivity contribution in [2.75, 3.05) is 11.5 Å². The van der Waals surface area contributed by atoms with Crippen LogP contribution in [-0.4, -0.2) is 132 Å². The zero-order valence-electron chi connectivity index (χ0n) is 22.3. The molecule has 4 aromatic rings. The normalized spacial score (nSPS) is 17.1. The summed E-state index contributed by atoms with van der Waals surface area (Å²) >= 11 is 21.9. The van der Waals surface area contributed by atoms with Crippen molar-refractivity contribution in [2.24, 2.45) is 0 Å². The molecule has 0 N–H and O–H groups in total. The SMILES string of the molecule is CC1(c2ccc([N]([Al])[Al])cc2)CC(c2ccc([N]([Al])[Al])cc2)(c2ccc([N]([Al])[Al])cc2)c2cc([N]([Al])[Al])ccc21. The van der Waals surface area contributed by atoms with Crippen LogP contribution in [0.4, 0.5) is 22.7 Å². The van der Waals surface area contributed by atoms with Crippen LogP contribution in [0.5, 0.6) is 0 Å². The van der Waals surface area contributed by atoms with E-state index in [0.717, 1.165) is 29.2 Å². The van der Waals surface area contributed by atoms with Crippen LogP contribution >= 0.6 is 0 Å². The fourth-order valence-corrected chi connectivity index (χ4v) is 7.38. The highest BCUT2D eigenvalue weighted by Gasteiger charge is 2.52. The van der Waals surface area contributed by atoms with E-state index in [2.05, 4.69) is 230 Å². The maximum absolute atomic E-state index is 2.78. The molecule has 0 fully saturated rings. The standard InChI is InChI=1S/C28H20N4.8Al/c1-27(18-2-8-21(29)9-3-18)17-28(19-4-10-22(30)11-5-19,20-6-12-23(31)13-7-20)26-16-24(32)14-15-25(26)27;;;;;;;;/h2-16H,17H2,1H3;;;;;;;;. The monoisotopic (exact) mass is 628 g/mol. The molecule has 0 heterocycles. The largest absolute Gasteiger partial charge is 0.587 e. The van der Waals surface area contributed by atoms with E-state index in [9.17, 15) is 0 Å². The summed E-state index contributed by atoms with van der Waals surface area (Å²) in [5, 5.41) is 0. The van der Waals surface area contributed by atoms with Crippen LogP contribution in [0, 0.1) is 0 Å². The van der Waals surface area contributed by atoms with Gasteiger partial charge in [0.15, 0.2) is 0 Å². The van der Waals surface area contributed by atoms with Crippen LogP contribution in [0.2, 0.25) is 0 Å². The molecule has 0 aromatic heterocycles. The van der Waals surface area contributed by atoms with Crippen molar-refractivity contribution in [3.63, 3.8) is 0 Å². The van der Waals surface area contributed by atoms with E-state index >= 15 is 0 Å². The number of fused-ring (bicyclic) bond motifs is 1. The quantitative estimate of drug-likeness (QED) is 0.292. The van der Waals surface area contributed by atoms with Crippen LogP contribution in [0.1, 0.15) is 41.2 Å². The van der Waals surface area contributed by atoms with Crippen LogP contribution in [0.15, 0.2) is 91.0 Å². The van der Waals surface area contributed by atoms with E-state index < -0.39 is 0 Å². The molecule has 0 bridgehead atoms. The lowest BCUT2D eigenvalue weighted by Crippen LogP contribution is -2.31. The molecule has 5 rings (SSSR count). The second kappa shape index (κ2) is 12.8. The molecule has 1 atom stereocenters. The predicted molar refractivity (Wildman–Crippen MR) is 173 cm³/mol. The Kier molecular flexibility index (Phi) is 10.1. The van der Waals surface area contributed by atoms with Crippen molar-refractivity contribution in [2.45, 2.75) is 24.2 Å². The average Bonchev–Trinajstić information content (AvgIpc) is 3.23. The zero-order chi connectivity index (χ0) is 28.8. The lowest BCUT2D eigenvalue weighted by molar-refractivity contribution is 0.473. The van der Waals surface area contributed by atoms with Crippen LogP contribution < -0.4 is 11.5 Å². The van der Waals surface area contributed by atoms with E-state index in [0.29, 0.717) is 0 Å². The molecule has 4 aromatic carbocycles. The fourth-order valence-electron chi connectivity index (χ4n) is 6.02. The van der Waals surface area contributed by atoms with Gasteiger partial charge >= 0.3 is 0 Å². The highest BCUT2D eigenvalue weighted by molar-refractivity contribution is 6.42. The first kappa shape index (κ1) is 31.8. The number of rotatable bonds is 7. The number of hydrogen-bond donors (Lipinski definition) is 0. The lowest BCUT2D eigenvalue weighted by atomic mass is 9.67. The molecule has 1 unspecified atom stereocenters. The first-order valence-electron chi connectivity index (χ1n) is 12.6. The van der Waals surface area contributed by atoms with Gasteiger partial charge in [-0.1, -0.05) is 49.4 Å². The molecule has 16 radical (unpaired) electrons. The van der Waals surface area contributed by atoms with Crippen LogP contribution in [0.25, 0.3) is 0 Å². The third-order valence-corrected chi connectivity index (χ3v) is 10.5. The molecule has 0 amide bonds. The molecular formula is C28H20Al8N4. The van der Waals surface area contributed by atoms with Gasteiger partial charge in [0.05, 0.1) is 0 Å². The number of benzene rings is 4. The molecule has 0 saturated carbocycles. The van der Waals surface area contributed by atoms with Gasteiger partial charge in [0.25, 0.3) is 132 Å². The van der Waals surface area contributed by atoms with E-state index in [1.165, 1.54) is 27.8 Å². The van der Waals surface area contributed by atoms with Crippen molar-refractivity contribution in [3.05, 3.63) is 119 Å². The summed E-state index contributed by atoms with van der Waals surface area (Å²) in [6, 6.07) is 33.9. The Morgan fingerprint density at radius 3 is 1.18 bits per heavy atom. The van der Waals surface area contributed by atoms with Gasteiger partial charge in [0.1, 0.15) is 0 Å². The molecule has 0 saturated heterocycles. The van der Waals surface area contributed by atoms with Gasteiger partial charge in [-0.25, -0.2) is 0 Å². The molecule has 1 aliphatic rings. The number of anilines is 4. The lowest BCUT2D eigenvalue weighted by Gasteiger charge is -2.36. The highest BCUT2D eigenvalue weighted by Crippen LogP contribution is 2.59. The summed E-state index contributed by atoms with van der Waals surface area (Å²) in [5.41, 5.74) is 10.5. The third kappa shape index (κ3) is 5.88. The molecule has 4 nitrogen and oxygen atoms in total. The minimum absolute atomic E-state index is 0.205. The zero-order valence-corrected chi connectivity index (χ0v) is 31.5. The van der Waals surface area contributed by atoms with Crippen LogP contribution in [-0.2, 0) is 10.8 Å². The van der Waals surface area contributed by atoms with Gasteiger partial charge < -0.3 is 11.5 Å². The van der Waals surface area contributed by atoms with Gasteiger partial charge in [-0.3, -0.25) is 0 Å². The molecule has 0 aliphatic heterocycles. The van der Waals surface area contributed by atoms with E-state index in [1.54, 1.807) is 0 Å². The summed E-state index contributed by atoms with van der Waals surface area (Å²) in [7, 11) is 0. The van der Waals surface area contributed by atoms with E-state index in [1.807, 2.05) is 11.5 Å². The molecular weight excluding hydrogens is 608 g/mol. The minimum atomic E-state index is -0.354. The Bertz CT molecular complexity index is 1440. The maximum Gasteiger partial charge on any atom is 0.277 e. The van der Waals surface area contributed by atoms with Gasteiger partial charge in [0.2, 0.25) is 0 Å². The van der Waals surface area contributed by atoms with E-state index in [4.69, 9.17) is 0 Å². The highest BCUT2D eigenvalue weighted by atomic mass is 27.1. The fraction of sp³-hybridized carbons (Fsp3) is 0.143. The predicted octanol–water partition coefficient (Wildman–Crippen LogP) is 2.62. The van der Waals surface area contributed by atoms with Crippen LogP contribution in [0.3, 0.4) is 0 Å². The summed E-state index contributed by atoms with van der Waals surface area (Å²) in [6.45, 7) is 2.41. The van der Waals surface area contributed by atoms with Crippen molar-refractivity contribution in [3.8, 4) is 0 Å². The average molecular weight is 628 g/mol. The minimum Gasteiger partial charge on any atom is -0.587 e. The Labute approximate surface area is 305 Å². The molecule has 1 aliphatic carbocycles. The summed E-state index contributed by atoms with van der Waals surface area (Å²) < 4.78 is 8.01. The Morgan fingerprint density at radius 1 is 0.450 bits per heavy atom. The van der Waals surface area contributed by atoms with Crippen molar-refractivity contribution < 1.29 is 0 Å². The smallest absolute Gasteiger partial charge is 0.277 e. The van der Waals surface area contributed by atoms with E-state index in [-0.39, 0.29) is 10.8 Å². The van der Waals surface area contributed by atoms with Crippen molar-refractivity contribution in [1.82, 2.24) is 0 Å².